The Morgan fingerprint density at radius 3 is 2.64 bits per heavy atom. The first-order valence-electron chi connectivity index (χ1n) is 10.1. The molecule has 7 nitrogen and oxygen atoms in total. The summed E-state index contributed by atoms with van der Waals surface area (Å²) in [6.45, 7) is 2.55. The minimum Gasteiger partial charge on any atom is -0.497 e. The van der Waals surface area contributed by atoms with E-state index in [9.17, 15) is 4.79 Å². The van der Waals surface area contributed by atoms with Gasteiger partial charge in [-0.15, -0.1) is 10.2 Å². The van der Waals surface area contributed by atoms with Crippen LogP contribution >= 0.6 is 22.9 Å². The number of aromatic nitrogens is 5. The molecule has 33 heavy (non-hydrogen) atoms. The molecule has 0 amide bonds. The molecule has 3 aromatic heterocycles. The number of fused-ring (bicyclic) bond motifs is 1. The highest BCUT2D eigenvalue weighted by atomic mass is 35.5. The number of halogens is 1. The number of hydrogen-bond acceptors (Lipinski definition) is 7. The molecular weight excluding hydrogens is 458 g/mol. The molecule has 164 valence electrons. The van der Waals surface area contributed by atoms with Gasteiger partial charge in [0.2, 0.25) is 5.78 Å². The molecule has 0 saturated heterocycles. The second kappa shape index (κ2) is 8.73. The number of nitrogens with zero attached hydrogens (tertiary/aromatic N) is 5. The number of carbonyl (C=O) groups excluding carboxylic acids is 1. The predicted molar refractivity (Wildman–Crippen MR) is 128 cm³/mol. The van der Waals surface area contributed by atoms with Crippen LogP contribution in [0.4, 0.5) is 0 Å². The number of hydrogen-bond donors (Lipinski definition) is 0. The van der Waals surface area contributed by atoms with E-state index in [4.69, 9.17) is 16.3 Å². The second-order valence-corrected chi connectivity index (χ2v) is 8.84. The van der Waals surface area contributed by atoms with E-state index in [0.717, 1.165) is 27.7 Å². The first kappa shape index (κ1) is 21.2. The molecule has 0 radical (unpaired) electrons. The summed E-state index contributed by atoms with van der Waals surface area (Å²) < 4.78 is 7.56. The zero-order valence-corrected chi connectivity index (χ0v) is 19.4. The molecule has 0 saturated carbocycles. The third-order valence-corrected chi connectivity index (χ3v) is 6.69. The normalized spacial score (nSPS) is 11.1. The van der Waals surface area contributed by atoms with Crippen molar-refractivity contribution in [3.8, 4) is 16.3 Å². The van der Waals surface area contributed by atoms with Gasteiger partial charge in [0.15, 0.2) is 5.01 Å². The van der Waals surface area contributed by atoms with Gasteiger partial charge in [0.25, 0.3) is 0 Å². The van der Waals surface area contributed by atoms with Gasteiger partial charge < -0.3 is 9.30 Å². The van der Waals surface area contributed by atoms with Gasteiger partial charge >= 0.3 is 0 Å². The van der Waals surface area contributed by atoms with E-state index in [0.29, 0.717) is 32.9 Å². The maximum Gasteiger partial charge on any atom is 0.225 e. The van der Waals surface area contributed by atoms with Crippen molar-refractivity contribution in [2.24, 2.45) is 0 Å². The fraction of sp³-hybridized carbons (Fsp3) is 0.125. The van der Waals surface area contributed by atoms with E-state index in [1.165, 1.54) is 11.3 Å². The molecule has 3 heterocycles. The summed E-state index contributed by atoms with van der Waals surface area (Å²) in [5, 5.41) is 18.5. The maximum absolute atomic E-state index is 13.6. The van der Waals surface area contributed by atoms with Crippen LogP contribution in [0, 0.1) is 6.92 Å². The summed E-state index contributed by atoms with van der Waals surface area (Å²) in [6.07, 6.45) is 3.18. The molecule has 2 aromatic carbocycles. The van der Waals surface area contributed by atoms with Crippen molar-refractivity contribution in [3.63, 3.8) is 0 Å². The topological polar surface area (TPSA) is 82.8 Å². The van der Waals surface area contributed by atoms with Crippen molar-refractivity contribution in [1.29, 1.82) is 0 Å². The summed E-state index contributed by atoms with van der Waals surface area (Å²) in [4.78, 5) is 13.6. The molecule has 0 aliphatic heterocycles. The first-order chi connectivity index (χ1) is 16.0. The van der Waals surface area contributed by atoms with Gasteiger partial charge in [-0.2, -0.15) is 10.2 Å². The van der Waals surface area contributed by atoms with Crippen LogP contribution in [0.2, 0.25) is 5.02 Å². The molecule has 0 aliphatic rings. The number of rotatable bonds is 6. The Hall–Kier alpha value is -3.62. The Kier molecular flexibility index (Phi) is 5.62. The monoisotopic (exact) mass is 475 g/mol. The van der Waals surface area contributed by atoms with E-state index in [-0.39, 0.29) is 5.78 Å². The highest BCUT2D eigenvalue weighted by Gasteiger charge is 2.25. The lowest BCUT2D eigenvalue weighted by Gasteiger charge is -2.09. The van der Waals surface area contributed by atoms with Crippen molar-refractivity contribution >= 4 is 39.6 Å². The second-order valence-electron chi connectivity index (χ2n) is 7.43. The average Bonchev–Trinajstić information content (AvgIpc) is 3.44. The molecule has 0 N–H and O–H groups in total. The predicted octanol–water partition coefficient (Wildman–Crippen LogP) is 5.20. The van der Waals surface area contributed by atoms with E-state index in [1.807, 2.05) is 49.4 Å². The molecule has 0 unspecified atom stereocenters. The Balaban J connectivity index is 1.61. The molecular formula is C24H18ClN5O2S. The van der Waals surface area contributed by atoms with E-state index in [2.05, 4.69) is 25.0 Å². The molecule has 5 aromatic rings. The van der Waals surface area contributed by atoms with Crippen LogP contribution in [0.3, 0.4) is 0 Å². The van der Waals surface area contributed by atoms with E-state index < -0.39 is 0 Å². The largest absolute Gasteiger partial charge is 0.497 e. The van der Waals surface area contributed by atoms with Gasteiger partial charge in [-0.25, -0.2) is 0 Å². The van der Waals surface area contributed by atoms with Crippen molar-refractivity contribution in [3.05, 3.63) is 87.8 Å². The van der Waals surface area contributed by atoms with Crippen LogP contribution in [0.5, 0.6) is 5.75 Å². The lowest BCUT2D eigenvalue weighted by atomic mass is 10.1. The Labute approximate surface area is 198 Å². The van der Waals surface area contributed by atoms with Gasteiger partial charge in [0, 0.05) is 33.7 Å². The average molecular weight is 476 g/mol. The fourth-order valence-electron chi connectivity index (χ4n) is 3.81. The van der Waals surface area contributed by atoms with Crippen LogP contribution < -0.4 is 4.74 Å². The van der Waals surface area contributed by atoms with E-state index in [1.54, 1.807) is 25.6 Å². The smallest absolute Gasteiger partial charge is 0.225 e. The van der Waals surface area contributed by atoms with Gasteiger partial charge in [-0.05, 0) is 48.9 Å². The van der Waals surface area contributed by atoms with Gasteiger partial charge in [-0.3, -0.25) is 4.79 Å². The zero-order chi connectivity index (χ0) is 22.9. The Morgan fingerprint density at radius 1 is 1.09 bits per heavy atom. The SMILES string of the molecule is COc1ccc2c(c1)c(C(=O)c1nnc(-c3ccnnc3)s1)c(C)n2Cc1ccc(Cl)cc1. The third-order valence-electron chi connectivity index (χ3n) is 5.46. The van der Waals surface area contributed by atoms with Crippen LogP contribution in [0.15, 0.2) is 60.9 Å². The van der Waals surface area contributed by atoms with Crippen molar-refractivity contribution in [2.45, 2.75) is 13.5 Å². The molecule has 0 spiro atoms. The maximum atomic E-state index is 13.6. The highest BCUT2D eigenvalue weighted by Crippen LogP contribution is 2.33. The Bertz CT molecular complexity index is 1460. The highest BCUT2D eigenvalue weighted by molar-refractivity contribution is 7.16. The van der Waals surface area contributed by atoms with Crippen LogP contribution in [0.25, 0.3) is 21.5 Å². The summed E-state index contributed by atoms with van der Waals surface area (Å²) in [5.74, 6) is 0.507. The number of ketones is 1. The molecule has 0 bridgehead atoms. The number of carbonyl (C=O) groups is 1. The van der Waals surface area contributed by atoms with Gasteiger partial charge in [-0.1, -0.05) is 35.1 Å². The molecule has 0 atom stereocenters. The molecule has 0 aliphatic carbocycles. The van der Waals surface area contributed by atoms with Crippen LogP contribution in [0.1, 0.15) is 26.6 Å². The molecule has 9 heteroatoms. The third kappa shape index (κ3) is 3.99. The van der Waals surface area contributed by atoms with Crippen molar-refractivity contribution in [1.82, 2.24) is 25.0 Å². The lowest BCUT2D eigenvalue weighted by molar-refractivity contribution is 0.103. The first-order valence-corrected chi connectivity index (χ1v) is 11.3. The standard InChI is InChI=1S/C24H18ClN5O2S/c1-14-21(22(31)24-29-28-23(33-24)16-9-10-26-27-12-16)19-11-18(32-2)7-8-20(19)30(14)13-15-3-5-17(25)6-4-15/h3-12H,13H2,1-2H3. The van der Waals surface area contributed by atoms with Gasteiger partial charge in [0.05, 0.1) is 25.1 Å². The van der Waals surface area contributed by atoms with Crippen molar-refractivity contribution in [2.75, 3.05) is 7.11 Å². The van der Waals surface area contributed by atoms with Gasteiger partial charge in [0.1, 0.15) is 10.8 Å². The zero-order valence-electron chi connectivity index (χ0n) is 17.8. The summed E-state index contributed by atoms with van der Waals surface area (Å²) in [6, 6.07) is 15.2. The Morgan fingerprint density at radius 2 is 1.91 bits per heavy atom. The number of methoxy groups -OCH3 is 1. The minimum absolute atomic E-state index is 0.175. The summed E-state index contributed by atoms with van der Waals surface area (Å²) in [5.41, 5.74) is 4.23. The molecule has 5 rings (SSSR count). The number of benzene rings is 2. The quantitative estimate of drug-likeness (QED) is 0.314. The molecule has 0 fully saturated rings. The minimum atomic E-state index is -0.175. The summed E-state index contributed by atoms with van der Waals surface area (Å²) in [7, 11) is 1.61. The summed E-state index contributed by atoms with van der Waals surface area (Å²) >= 11 is 7.29. The van der Waals surface area contributed by atoms with Crippen molar-refractivity contribution < 1.29 is 9.53 Å². The van der Waals surface area contributed by atoms with Crippen LogP contribution in [-0.2, 0) is 6.54 Å². The fourth-order valence-corrected chi connectivity index (χ4v) is 4.71. The number of ether oxygens (including phenoxy) is 1. The lowest BCUT2D eigenvalue weighted by Crippen LogP contribution is -2.06. The van der Waals surface area contributed by atoms with E-state index >= 15 is 0 Å². The van der Waals surface area contributed by atoms with Crippen LogP contribution in [-0.4, -0.2) is 37.9 Å².